The van der Waals surface area contributed by atoms with Crippen LogP contribution in [0.5, 0.6) is 5.75 Å². The van der Waals surface area contributed by atoms with Crippen molar-refractivity contribution in [2.45, 2.75) is 31.9 Å². The molecule has 0 spiro atoms. The van der Waals surface area contributed by atoms with Crippen LogP contribution in [0.1, 0.15) is 36.5 Å². The third-order valence-electron chi connectivity index (χ3n) is 5.35. The summed E-state index contributed by atoms with van der Waals surface area (Å²) in [6, 6.07) is 13.3. The smallest absolute Gasteiger partial charge is 0.328 e. The molecule has 0 unspecified atom stereocenters. The van der Waals surface area contributed by atoms with Gasteiger partial charge in [-0.2, -0.15) is 0 Å². The maximum absolute atomic E-state index is 12.1. The zero-order chi connectivity index (χ0) is 21.5. The quantitative estimate of drug-likeness (QED) is 0.420. The van der Waals surface area contributed by atoms with Gasteiger partial charge in [0.15, 0.2) is 0 Å². The number of benzene rings is 2. The number of fused-ring (bicyclic) bond motifs is 1. The summed E-state index contributed by atoms with van der Waals surface area (Å²) >= 11 is 0. The molecule has 3 N–H and O–H groups in total. The molecule has 7 nitrogen and oxygen atoms in total. The fourth-order valence-corrected chi connectivity index (χ4v) is 3.48. The van der Waals surface area contributed by atoms with Crippen LogP contribution in [0.25, 0.3) is 11.0 Å². The summed E-state index contributed by atoms with van der Waals surface area (Å²) in [5.41, 5.74) is 3.41. The largest absolute Gasteiger partial charge is 0.491 e. The van der Waals surface area contributed by atoms with Crippen LogP contribution >= 0.6 is 0 Å². The van der Waals surface area contributed by atoms with Crippen LogP contribution in [0, 0.1) is 0 Å². The summed E-state index contributed by atoms with van der Waals surface area (Å²) in [6.07, 6.45) is 2.16. The Balaban J connectivity index is 1.51. The SMILES string of the molecule is Cn1c(=O)n(C)c2cc([C@H](O)COc3ccc(CNCCCCCO)cc3)ccc21. The number of ether oxygens (including phenoxy) is 1. The highest BCUT2D eigenvalue weighted by atomic mass is 16.5. The summed E-state index contributed by atoms with van der Waals surface area (Å²) in [7, 11) is 3.46. The molecule has 0 amide bonds. The summed E-state index contributed by atoms with van der Waals surface area (Å²) in [5.74, 6) is 0.703. The van der Waals surface area contributed by atoms with Crippen molar-refractivity contribution in [2.24, 2.45) is 14.1 Å². The lowest BCUT2D eigenvalue weighted by molar-refractivity contribution is 0.108. The van der Waals surface area contributed by atoms with E-state index in [1.807, 2.05) is 42.5 Å². The fourth-order valence-electron chi connectivity index (χ4n) is 3.48. The number of nitrogens with one attached hydrogen (secondary N) is 1. The molecular weight excluding hydrogens is 382 g/mol. The molecular formula is C23H31N3O4. The number of unbranched alkanes of at least 4 members (excludes halogenated alkanes) is 2. The average Bonchev–Trinajstić information content (AvgIpc) is 2.99. The van der Waals surface area contributed by atoms with Crippen molar-refractivity contribution in [2.75, 3.05) is 19.8 Å². The number of rotatable bonds is 11. The molecule has 0 aliphatic rings. The van der Waals surface area contributed by atoms with Crippen LogP contribution in [-0.4, -0.2) is 39.1 Å². The average molecular weight is 414 g/mol. The first kappa shape index (κ1) is 22.1. The van der Waals surface area contributed by atoms with Crippen molar-refractivity contribution in [3.63, 3.8) is 0 Å². The number of hydrogen-bond donors (Lipinski definition) is 3. The summed E-state index contributed by atoms with van der Waals surface area (Å²) in [6.45, 7) is 2.12. The third-order valence-corrected chi connectivity index (χ3v) is 5.35. The van der Waals surface area contributed by atoms with E-state index in [-0.39, 0.29) is 18.9 Å². The van der Waals surface area contributed by atoms with Gasteiger partial charge in [-0.1, -0.05) is 18.2 Å². The number of aliphatic hydroxyl groups is 2. The molecule has 3 rings (SSSR count). The van der Waals surface area contributed by atoms with E-state index >= 15 is 0 Å². The van der Waals surface area contributed by atoms with Crippen molar-refractivity contribution in [3.05, 3.63) is 64.1 Å². The van der Waals surface area contributed by atoms with Crippen LogP contribution in [0.4, 0.5) is 0 Å². The van der Waals surface area contributed by atoms with E-state index in [1.54, 1.807) is 23.2 Å². The van der Waals surface area contributed by atoms with Gasteiger partial charge in [0.2, 0.25) is 0 Å². The third kappa shape index (κ3) is 5.30. The Hall–Kier alpha value is -2.61. The molecule has 1 atom stereocenters. The van der Waals surface area contributed by atoms with Crippen LogP contribution in [0.2, 0.25) is 0 Å². The molecule has 162 valence electrons. The molecule has 2 aromatic carbocycles. The maximum atomic E-state index is 12.1. The van der Waals surface area contributed by atoms with Gasteiger partial charge in [-0.3, -0.25) is 9.13 Å². The Kier molecular flexibility index (Phi) is 7.68. The van der Waals surface area contributed by atoms with Gasteiger partial charge in [0, 0.05) is 27.2 Å². The molecule has 1 heterocycles. The minimum atomic E-state index is -0.787. The number of hydrogen-bond acceptors (Lipinski definition) is 5. The molecule has 0 aliphatic carbocycles. The lowest BCUT2D eigenvalue weighted by Crippen LogP contribution is -2.19. The predicted molar refractivity (Wildman–Crippen MR) is 118 cm³/mol. The van der Waals surface area contributed by atoms with Gasteiger partial charge in [0.05, 0.1) is 11.0 Å². The van der Waals surface area contributed by atoms with E-state index in [0.717, 1.165) is 43.4 Å². The zero-order valence-corrected chi connectivity index (χ0v) is 17.7. The van der Waals surface area contributed by atoms with Crippen LogP contribution < -0.4 is 15.7 Å². The van der Waals surface area contributed by atoms with E-state index in [4.69, 9.17) is 9.84 Å². The second-order valence-electron chi connectivity index (χ2n) is 7.58. The van der Waals surface area contributed by atoms with Gasteiger partial charge >= 0.3 is 5.69 Å². The van der Waals surface area contributed by atoms with Crippen molar-refractivity contribution >= 4 is 11.0 Å². The molecule has 0 saturated carbocycles. The minimum Gasteiger partial charge on any atom is -0.491 e. The van der Waals surface area contributed by atoms with Crippen LogP contribution in [0.3, 0.4) is 0 Å². The van der Waals surface area contributed by atoms with Gasteiger partial charge < -0.3 is 20.3 Å². The van der Waals surface area contributed by atoms with Crippen molar-refractivity contribution in [1.82, 2.24) is 14.5 Å². The monoisotopic (exact) mass is 413 g/mol. The standard InChI is InChI=1S/C23H31N3O4/c1-25-20-11-8-18(14-21(20)26(2)23(25)29)22(28)16-30-19-9-6-17(7-10-19)15-24-12-4-3-5-13-27/h6-11,14,22,24,27-28H,3-5,12-13,15-16H2,1-2H3/t22-/m1/s1. The summed E-state index contributed by atoms with van der Waals surface area (Å²) in [4.78, 5) is 12.1. The number of aromatic nitrogens is 2. The Morgan fingerprint density at radius 3 is 2.47 bits per heavy atom. The number of aryl methyl sites for hydroxylation is 2. The Morgan fingerprint density at radius 1 is 1.00 bits per heavy atom. The summed E-state index contributed by atoms with van der Waals surface area (Å²) < 4.78 is 8.92. The molecule has 3 aromatic rings. The normalized spacial score (nSPS) is 12.4. The minimum absolute atomic E-state index is 0.0902. The maximum Gasteiger partial charge on any atom is 0.328 e. The molecule has 0 radical (unpaired) electrons. The summed E-state index contributed by atoms with van der Waals surface area (Å²) in [5, 5.41) is 22.7. The Morgan fingerprint density at radius 2 is 1.73 bits per heavy atom. The van der Waals surface area contributed by atoms with Gasteiger partial charge in [-0.25, -0.2) is 4.79 Å². The first-order valence-corrected chi connectivity index (χ1v) is 10.4. The molecule has 0 bridgehead atoms. The van der Waals surface area contributed by atoms with E-state index in [9.17, 15) is 9.90 Å². The fraction of sp³-hybridized carbons (Fsp3) is 0.435. The number of nitrogens with zero attached hydrogens (tertiary/aromatic N) is 2. The first-order chi connectivity index (χ1) is 14.5. The van der Waals surface area contributed by atoms with E-state index < -0.39 is 6.10 Å². The van der Waals surface area contributed by atoms with Gasteiger partial charge in [-0.05, 0) is 61.2 Å². The highest BCUT2D eigenvalue weighted by Crippen LogP contribution is 2.21. The van der Waals surface area contributed by atoms with Gasteiger partial charge in [-0.15, -0.1) is 0 Å². The predicted octanol–water partition coefficient (Wildman–Crippen LogP) is 2.24. The molecule has 0 saturated heterocycles. The van der Waals surface area contributed by atoms with Crippen molar-refractivity contribution in [1.29, 1.82) is 0 Å². The van der Waals surface area contributed by atoms with E-state index in [0.29, 0.717) is 11.3 Å². The highest BCUT2D eigenvalue weighted by Gasteiger charge is 2.13. The topological polar surface area (TPSA) is 88.7 Å². The van der Waals surface area contributed by atoms with Crippen LogP contribution in [-0.2, 0) is 20.6 Å². The zero-order valence-electron chi connectivity index (χ0n) is 17.7. The highest BCUT2D eigenvalue weighted by molar-refractivity contribution is 5.76. The second kappa shape index (κ2) is 10.4. The van der Waals surface area contributed by atoms with Gasteiger partial charge in [0.25, 0.3) is 0 Å². The number of aliphatic hydroxyl groups excluding tert-OH is 2. The second-order valence-corrected chi connectivity index (χ2v) is 7.58. The first-order valence-electron chi connectivity index (χ1n) is 10.4. The van der Waals surface area contributed by atoms with E-state index in [1.165, 1.54) is 5.56 Å². The Labute approximate surface area is 176 Å². The lowest BCUT2D eigenvalue weighted by Gasteiger charge is -2.13. The molecule has 7 heteroatoms. The van der Waals surface area contributed by atoms with Crippen molar-refractivity contribution < 1.29 is 14.9 Å². The molecule has 0 aliphatic heterocycles. The number of imidazole rings is 1. The van der Waals surface area contributed by atoms with Crippen LogP contribution in [0.15, 0.2) is 47.3 Å². The lowest BCUT2D eigenvalue weighted by atomic mass is 10.1. The van der Waals surface area contributed by atoms with E-state index in [2.05, 4.69) is 5.32 Å². The van der Waals surface area contributed by atoms with Gasteiger partial charge in [0.1, 0.15) is 18.5 Å². The molecule has 0 fully saturated rings. The van der Waals surface area contributed by atoms with Crippen molar-refractivity contribution in [3.8, 4) is 5.75 Å². The molecule has 1 aromatic heterocycles. The Bertz CT molecular complexity index is 1010. The molecule has 30 heavy (non-hydrogen) atoms.